The van der Waals surface area contributed by atoms with Gasteiger partial charge in [0.2, 0.25) is 5.91 Å². The van der Waals surface area contributed by atoms with Crippen LogP contribution in [0, 0.1) is 0 Å². The summed E-state index contributed by atoms with van der Waals surface area (Å²) < 4.78 is 0. The number of hydrogen-bond acceptors (Lipinski definition) is 3. The first-order valence-electron chi connectivity index (χ1n) is 5.33. The molecule has 1 aliphatic heterocycles. The van der Waals surface area contributed by atoms with Crippen molar-refractivity contribution < 1.29 is 14.7 Å². The highest BCUT2D eigenvalue weighted by molar-refractivity contribution is 8.00. The molecule has 1 heterocycles. The summed E-state index contributed by atoms with van der Waals surface area (Å²) in [6, 6.07) is 6.79. The van der Waals surface area contributed by atoms with Crippen LogP contribution in [0.2, 0.25) is 0 Å². The number of carboxylic acids is 1. The van der Waals surface area contributed by atoms with E-state index in [2.05, 4.69) is 0 Å². The summed E-state index contributed by atoms with van der Waals surface area (Å²) in [5.74, 6) is -0.873. The van der Waals surface area contributed by atoms with Crippen LogP contribution in [0.15, 0.2) is 29.2 Å². The Kier molecular flexibility index (Phi) is 3.38. The lowest BCUT2D eigenvalue weighted by atomic mass is 10.2. The van der Waals surface area contributed by atoms with Gasteiger partial charge in [-0.25, -0.2) is 4.79 Å². The molecular formula is C12H13NO3S. The van der Waals surface area contributed by atoms with E-state index in [0.29, 0.717) is 4.90 Å². The number of amides is 1. The van der Waals surface area contributed by atoms with Crippen molar-refractivity contribution in [2.45, 2.75) is 16.6 Å². The lowest BCUT2D eigenvalue weighted by Gasteiger charge is -2.11. The molecule has 1 N–H and O–H groups in total. The number of aromatic carboxylic acids is 1. The van der Waals surface area contributed by atoms with E-state index in [1.807, 2.05) is 0 Å². The van der Waals surface area contributed by atoms with Crippen LogP contribution in [0.1, 0.15) is 16.8 Å². The fourth-order valence-electron chi connectivity index (χ4n) is 1.80. The highest BCUT2D eigenvalue weighted by Crippen LogP contribution is 2.32. The summed E-state index contributed by atoms with van der Waals surface area (Å²) in [5.41, 5.74) is 0.264. The van der Waals surface area contributed by atoms with Gasteiger partial charge in [-0.05, 0) is 18.6 Å². The van der Waals surface area contributed by atoms with Gasteiger partial charge in [-0.15, -0.1) is 11.8 Å². The van der Waals surface area contributed by atoms with E-state index in [9.17, 15) is 9.59 Å². The highest BCUT2D eigenvalue weighted by Gasteiger charge is 2.30. The van der Waals surface area contributed by atoms with Crippen molar-refractivity contribution in [2.75, 3.05) is 13.6 Å². The quantitative estimate of drug-likeness (QED) is 0.888. The normalized spacial score (nSPS) is 19.7. The zero-order chi connectivity index (χ0) is 12.4. The second kappa shape index (κ2) is 4.79. The maximum absolute atomic E-state index is 11.7. The standard InChI is InChI=1S/C12H13NO3S/c1-13-7-6-10(11(13)14)17-9-5-3-2-4-8(9)12(15)16/h2-5,10H,6-7H2,1H3,(H,15,16). The minimum Gasteiger partial charge on any atom is -0.478 e. The van der Waals surface area contributed by atoms with Gasteiger partial charge in [0.25, 0.3) is 0 Å². The molecule has 2 rings (SSSR count). The van der Waals surface area contributed by atoms with Gasteiger partial charge in [0.05, 0.1) is 10.8 Å². The molecule has 1 saturated heterocycles. The third-order valence-corrected chi connectivity index (χ3v) is 4.10. The topological polar surface area (TPSA) is 57.6 Å². The second-order valence-electron chi connectivity index (χ2n) is 3.96. The molecule has 4 nitrogen and oxygen atoms in total. The average molecular weight is 251 g/mol. The minimum atomic E-state index is -0.952. The first-order valence-corrected chi connectivity index (χ1v) is 6.21. The van der Waals surface area contributed by atoms with E-state index in [-0.39, 0.29) is 16.7 Å². The summed E-state index contributed by atoms with van der Waals surface area (Å²) in [7, 11) is 1.77. The van der Waals surface area contributed by atoms with Crippen molar-refractivity contribution in [3.05, 3.63) is 29.8 Å². The van der Waals surface area contributed by atoms with Gasteiger partial charge < -0.3 is 10.0 Å². The molecule has 1 fully saturated rings. The SMILES string of the molecule is CN1CCC(Sc2ccccc2C(=O)O)C1=O. The fourth-order valence-corrected chi connectivity index (χ4v) is 3.05. The first kappa shape index (κ1) is 12.0. The maximum Gasteiger partial charge on any atom is 0.336 e. The van der Waals surface area contributed by atoms with E-state index >= 15 is 0 Å². The molecule has 5 heteroatoms. The van der Waals surface area contributed by atoms with Crippen molar-refractivity contribution in [3.63, 3.8) is 0 Å². The van der Waals surface area contributed by atoms with Crippen LogP contribution in [-0.4, -0.2) is 40.7 Å². The molecule has 0 saturated carbocycles. The Bertz CT molecular complexity index is 461. The predicted molar refractivity (Wildman–Crippen MR) is 65.3 cm³/mol. The van der Waals surface area contributed by atoms with Gasteiger partial charge in [0, 0.05) is 18.5 Å². The van der Waals surface area contributed by atoms with E-state index in [4.69, 9.17) is 5.11 Å². The molecule has 1 aromatic rings. The highest BCUT2D eigenvalue weighted by atomic mass is 32.2. The third-order valence-electron chi connectivity index (χ3n) is 2.77. The van der Waals surface area contributed by atoms with Crippen molar-refractivity contribution in [3.8, 4) is 0 Å². The summed E-state index contributed by atoms with van der Waals surface area (Å²) in [6.45, 7) is 0.742. The predicted octanol–water partition coefficient (Wildman–Crippen LogP) is 1.71. The lowest BCUT2D eigenvalue weighted by Crippen LogP contribution is -2.23. The van der Waals surface area contributed by atoms with Crippen molar-refractivity contribution in [1.82, 2.24) is 4.90 Å². The lowest BCUT2D eigenvalue weighted by molar-refractivity contribution is -0.126. The number of benzene rings is 1. The molecule has 0 aromatic heterocycles. The smallest absolute Gasteiger partial charge is 0.336 e. The molecule has 90 valence electrons. The Morgan fingerprint density at radius 3 is 2.76 bits per heavy atom. The second-order valence-corrected chi connectivity index (χ2v) is 5.20. The molecule has 0 spiro atoms. The molecule has 0 bridgehead atoms. The van der Waals surface area contributed by atoms with Crippen LogP contribution in [0.3, 0.4) is 0 Å². The summed E-state index contributed by atoms with van der Waals surface area (Å²) in [6.07, 6.45) is 0.772. The Labute approximate surface area is 104 Å². The fraction of sp³-hybridized carbons (Fsp3) is 0.333. The number of carbonyl (C=O) groups excluding carboxylic acids is 1. The third kappa shape index (κ3) is 2.44. The Morgan fingerprint density at radius 2 is 2.18 bits per heavy atom. The van der Waals surface area contributed by atoms with Crippen LogP contribution in [0.4, 0.5) is 0 Å². The zero-order valence-electron chi connectivity index (χ0n) is 9.42. The van der Waals surface area contributed by atoms with Crippen LogP contribution < -0.4 is 0 Å². The molecule has 17 heavy (non-hydrogen) atoms. The van der Waals surface area contributed by atoms with E-state index in [1.165, 1.54) is 11.8 Å². The summed E-state index contributed by atoms with van der Waals surface area (Å²) in [4.78, 5) is 25.1. The van der Waals surface area contributed by atoms with Crippen LogP contribution in [0.5, 0.6) is 0 Å². The van der Waals surface area contributed by atoms with Gasteiger partial charge in [0.1, 0.15) is 0 Å². The summed E-state index contributed by atoms with van der Waals surface area (Å²) >= 11 is 1.35. The number of hydrogen-bond donors (Lipinski definition) is 1. The molecule has 0 aliphatic carbocycles. The molecule has 0 radical (unpaired) electrons. The molecule has 1 aliphatic rings. The van der Waals surface area contributed by atoms with E-state index in [0.717, 1.165) is 13.0 Å². The van der Waals surface area contributed by atoms with Gasteiger partial charge in [0.15, 0.2) is 0 Å². The Balaban J connectivity index is 2.19. The van der Waals surface area contributed by atoms with Gasteiger partial charge in [-0.3, -0.25) is 4.79 Å². The largest absolute Gasteiger partial charge is 0.478 e. The molecule has 1 atom stereocenters. The molecule has 1 aromatic carbocycles. The Morgan fingerprint density at radius 1 is 1.47 bits per heavy atom. The van der Waals surface area contributed by atoms with Gasteiger partial charge in [-0.2, -0.15) is 0 Å². The molecule has 1 amide bonds. The van der Waals surface area contributed by atoms with Crippen molar-refractivity contribution in [2.24, 2.45) is 0 Å². The maximum atomic E-state index is 11.7. The van der Waals surface area contributed by atoms with Crippen molar-refractivity contribution >= 4 is 23.6 Å². The average Bonchev–Trinajstić information content (AvgIpc) is 2.61. The van der Waals surface area contributed by atoms with Gasteiger partial charge >= 0.3 is 5.97 Å². The molecule has 1 unspecified atom stereocenters. The van der Waals surface area contributed by atoms with Gasteiger partial charge in [-0.1, -0.05) is 12.1 Å². The number of rotatable bonds is 3. The van der Waals surface area contributed by atoms with E-state index < -0.39 is 5.97 Å². The first-order chi connectivity index (χ1) is 8.09. The molecular weight excluding hydrogens is 238 g/mol. The zero-order valence-corrected chi connectivity index (χ0v) is 10.2. The van der Waals surface area contributed by atoms with E-state index in [1.54, 1.807) is 36.2 Å². The van der Waals surface area contributed by atoms with Crippen LogP contribution in [0.25, 0.3) is 0 Å². The number of likely N-dealkylation sites (tertiary alicyclic amines) is 1. The number of carbonyl (C=O) groups is 2. The van der Waals surface area contributed by atoms with Crippen LogP contribution >= 0.6 is 11.8 Å². The summed E-state index contributed by atoms with van der Waals surface area (Å²) in [5, 5.41) is 8.90. The number of carboxylic acid groups (broad SMARTS) is 1. The van der Waals surface area contributed by atoms with Crippen molar-refractivity contribution in [1.29, 1.82) is 0 Å². The minimum absolute atomic E-state index is 0.0789. The van der Waals surface area contributed by atoms with Crippen LogP contribution in [-0.2, 0) is 4.79 Å². The monoisotopic (exact) mass is 251 g/mol. The number of nitrogens with zero attached hydrogens (tertiary/aromatic N) is 1. The number of thioether (sulfide) groups is 1. The Hall–Kier alpha value is -1.49.